The van der Waals surface area contributed by atoms with Gasteiger partial charge in [0, 0.05) is 19.1 Å². The second-order valence-electron chi connectivity index (χ2n) is 5.96. The quantitative estimate of drug-likeness (QED) is 0.707. The van der Waals surface area contributed by atoms with Crippen LogP contribution in [-0.4, -0.2) is 57.1 Å². The molecule has 1 aliphatic rings. The summed E-state index contributed by atoms with van der Waals surface area (Å²) in [5.41, 5.74) is 5.26. The molecule has 0 atom stereocenters. The number of carbonyl (C=O) groups excluding carboxylic acids is 2. The minimum Gasteiger partial charge on any atom is -0.482 e. The zero-order valence-electron chi connectivity index (χ0n) is 14.0. The van der Waals surface area contributed by atoms with Gasteiger partial charge in [0.2, 0.25) is 15.9 Å². The van der Waals surface area contributed by atoms with E-state index in [2.05, 4.69) is 4.72 Å². The van der Waals surface area contributed by atoms with Crippen LogP contribution in [-0.2, 0) is 14.8 Å². The van der Waals surface area contributed by atoms with Gasteiger partial charge >= 0.3 is 0 Å². The van der Waals surface area contributed by atoms with Gasteiger partial charge in [-0.05, 0) is 25.0 Å². The average Bonchev–Trinajstić information content (AvgIpc) is 2.52. The number of sulfonamides is 1. The van der Waals surface area contributed by atoms with Gasteiger partial charge in [-0.25, -0.2) is 13.1 Å². The number of nitrogens with two attached hydrogens (primary N) is 1. The summed E-state index contributed by atoms with van der Waals surface area (Å²) in [6.07, 6.45) is 2.15. The number of hydrogen-bond acceptors (Lipinski definition) is 5. The van der Waals surface area contributed by atoms with Crippen LogP contribution in [0, 0.1) is 0 Å². The second kappa shape index (κ2) is 8.43. The molecule has 1 heterocycles. The molecule has 1 aromatic rings. The first-order chi connectivity index (χ1) is 12.1. The van der Waals surface area contributed by atoms with E-state index in [0.717, 1.165) is 6.26 Å². The first kappa shape index (κ1) is 20.8. The number of hydrogen-bond donors (Lipinski definition) is 2. The first-order valence-corrected chi connectivity index (χ1v) is 10.4. The van der Waals surface area contributed by atoms with Gasteiger partial charge in [0.05, 0.1) is 21.9 Å². The molecule has 0 spiro atoms. The van der Waals surface area contributed by atoms with E-state index in [-0.39, 0.29) is 39.9 Å². The Balaban J connectivity index is 1.92. The van der Waals surface area contributed by atoms with Crippen molar-refractivity contribution in [2.75, 3.05) is 26.0 Å². The number of rotatable bonds is 6. The largest absolute Gasteiger partial charge is 0.482 e. The van der Waals surface area contributed by atoms with E-state index in [0.29, 0.717) is 25.9 Å². The van der Waals surface area contributed by atoms with Crippen molar-refractivity contribution in [3.8, 4) is 5.75 Å². The van der Waals surface area contributed by atoms with E-state index in [9.17, 15) is 18.0 Å². The van der Waals surface area contributed by atoms with Crippen LogP contribution in [0.1, 0.15) is 23.2 Å². The van der Waals surface area contributed by atoms with Crippen molar-refractivity contribution in [2.24, 2.45) is 5.73 Å². The minimum atomic E-state index is -3.27. The number of primary amides is 1. The molecule has 0 bridgehead atoms. The molecule has 1 saturated heterocycles. The minimum absolute atomic E-state index is 0.0474. The Morgan fingerprint density at radius 1 is 1.27 bits per heavy atom. The number of nitrogens with one attached hydrogen (secondary N) is 1. The van der Waals surface area contributed by atoms with Gasteiger partial charge in [0.1, 0.15) is 5.75 Å². The van der Waals surface area contributed by atoms with Gasteiger partial charge in [0.25, 0.3) is 5.91 Å². The van der Waals surface area contributed by atoms with Crippen LogP contribution in [0.15, 0.2) is 12.1 Å². The maximum Gasteiger partial charge on any atom is 0.260 e. The van der Waals surface area contributed by atoms with Crippen LogP contribution in [0.4, 0.5) is 0 Å². The second-order valence-corrected chi connectivity index (χ2v) is 8.55. The molecule has 2 amide bonds. The fourth-order valence-electron chi connectivity index (χ4n) is 2.61. The highest BCUT2D eigenvalue weighted by molar-refractivity contribution is 7.88. The van der Waals surface area contributed by atoms with Gasteiger partial charge in [0.15, 0.2) is 6.61 Å². The van der Waals surface area contributed by atoms with Crippen LogP contribution in [0.5, 0.6) is 5.75 Å². The third-order valence-electron chi connectivity index (χ3n) is 3.87. The molecule has 0 aromatic heterocycles. The molecule has 8 nitrogen and oxygen atoms in total. The van der Waals surface area contributed by atoms with E-state index < -0.39 is 15.9 Å². The standard InChI is InChI=1S/C15H19Cl2N3O5S/c1-26(23,24)19-9-2-4-20(5-3-9)14(21)8-25-13-6-10(15(18)22)11(16)7-12(13)17/h6-7,9,19H,2-5,8H2,1H3,(H2,18,22). The summed E-state index contributed by atoms with van der Waals surface area (Å²) < 4.78 is 30.4. The molecule has 0 saturated carbocycles. The van der Waals surface area contributed by atoms with Crippen LogP contribution in [0.25, 0.3) is 0 Å². The predicted octanol–water partition coefficient (Wildman–Crippen LogP) is 1.01. The molecular weight excluding hydrogens is 405 g/mol. The number of likely N-dealkylation sites (tertiary alicyclic amines) is 1. The zero-order chi connectivity index (χ0) is 19.5. The molecule has 1 aromatic carbocycles. The first-order valence-electron chi connectivity index (χ1n) is 7.73. The van der Waals surface area contributed by atoms with Gasteiger partial charge in [-0.3, -0.25) is 9.59 Å². The Bertz CT molecular complexity index is 808. The highest BCUT2D eigenvalue weighted by atomic mass is 35.5. The smallest absolute Gasteiger partial charge is 0.260 e. The van der Waals surface area contributed by atoms with Crippen molar-refractivity contribution < 1.29 is 22.7 Å². The van der Waals surface area contributed by atoms with Crippen LogP contribution < -0.4 is 15.2 Å². The Kier molecular flexibility index (Phi) is 6.73. The third-order valence-corrected chi connectivity index (χ3v) is 5.24. The molecule has 26 heavy (non-hydrogen) atoms. The van der Waals surface area contributed by atoms with E-state index in [1.54, 1.807) is 4.90 Å². The van der Waals surface area contributed by atoms with E-state index in [1.807, 2.05) is 0 Å². The molecule has 144 valence electrons. The molecule has 0 aliphatic carbocycles. The summed E-state index contributed by atoms with van der Waals surface area (Å²) in [6.45, 7) is 0.552. The number of benzene rings is 1. The summed E-state index contributed by atoms with van der Waals surface area (Å²) in [6, 6.07) is 2.44. The zero-order valence-corrected chi connectivity index (χ0v) is 16.3. The third kappa shape index (κ3) is 5.73. The number of amides is 2. The number of halogens is 2. The Hall–Kier alpha value is -1.55. The Labute approximate surface area is 161 Å². The molecule has 1 fully saturated rings. The summed E-state index contributed by atoms with van der Waals surface area (Å²) in [7, 11) is -3.27. The van der Waals surface area contributed by atoms with Gasteiger partial charge in [-0.15, -0.1) is 0 Å². The summed E-state index contributed by atoms with van der Waals surface area (Å²) in [4.78, 5) is 25.2. The number of carbonyl (C=O) groups is 2. The Morgan fingerprint density at radius 3 is 2.42 bits per heavy atom. The summed E-state index contributed by atoms with van der Waals surface area (Å²) in [5, 5.41) is 0.255. The monoisotopic (exact) mass is 423 g/mol. The Morgan fingerprint density at radius 2 is 1.88 bits per heavy atom. The normalized spacial score (nSPS) is 15.7. The number of piperidine rings is 1. The number of ether oxygens (including phenoxy) is 1. The van der Waals surface area contributed by atoms with Crippen molar-refractivity contribution in [1.29, 1.82) is 0 Å². The van der Waals surface area contributed by atoms with E-state index >= 15 is 0 Å². The van der Waals surface area contributed by atoms with E-state index in [4.69, 9.17) is 33.7 Å². The highest BCUT2D eigenvalue weighted by Crippen LogP contribution is 2.31. The predicted molar refractivity (Wildman–Crippen MR) is 98.1 cm³/mol. The van der Waals surface area contributed by atoms with Gasteiger partial charge in [-0.1, -0.05) is 23.2 Å². The lowest BCUT2D eigenvalue weighted by atomic mass is 10.1. The van der Waals surface area contributed by atoms with Crippen LogP contribution in [0.2, 0.25) is 10.0 Å². The average molecular weight is 424 g/mol. The van der Waals surface area contributed by atoms with Gasteiger partial charge in [-0.2, -0.15) is 0 Å². The number of nitrogens with zero attached hydrogens (tertiary/aromatic N) is 1. The fourth-order valence-corrected chi connectivity index (χ4v) is 3.98. The highest BCUT2D eigenvalue weighted by Gasteiger charge is 2.25. The maximum atomic E-state index is 12.3. The molecule has 2 rings (SSSR count). The van der Waals surface area contributed by atoms with Crippen LogP contribution >= 0.6 is 23.2 Å². The van der Waals surface area contributed by atoms with Crippen molar-refractivity contribution >= 4 is 45.0 Å². The van der Waals surface area contributed by atoms with E-state index in [1.165, 1.54) is 12.1 Å². The molecular formula is C15H19Cl2N3O5S. The topological polar surface area (TPSA) is 119 Å². The fraction of sp³-hybridized carbons (Fsp3) is 0.467. The lowest BCUT2D eigenvalue weighted by Gasteiger charge is -2.32. The van der Waals surface area contributed by atoms with Crippen molar-refractivity contribution in [1.82, 2.24) is 9.62 Å². The SMILES string of the molecule is CS(=O)(=O)NC1CCN(C(=O)COc2cc(C(N)=O)c(Cl)cc2Cl)CC1. The van der Waals surface area contributed by atoms with Gasteiger partial charge < -0.3 is 15.4 Å². The maximum absolute atomic E-state index is 12.3. The molecule has 3 N–H and O–H groups in total. The van der Waals surface area contributed by atoms with Crippen molar-refractivity contribution in [3.63, 3.8) is 0 Å². The van der Waals surface area contributed by atoms with Crippen molar-refractivity contribution in [3.05, 3.63) is 27.7 Å². The van der Waals surface area contributed by atoms with Crippen molar-refractivity contribution in [2.45, 2.75) is 18.9 Å². The molecule has 0 unspecified atom stereocenters. The molecule has 0 radical (unpaired) electrons. The summed E-state index contributed by atoms with van der Waals surface area (Å²) in [5.74, 6) is -0.871. The molecule has 1 aliphatic heterocycles. The lowest BCUT2D eigenvalue weighted by molar-refractivity contribution is -0.134. The molecule has 11 heteroatoms. The van der Waals surface area contributed by atoms with Crippen LogP contribution in [0.3, 0.4) is 0 Å². The lowest BCUT2D eigenvalue weighted by Crippen LogP contribution is -2.47. The summed E-state index contributed by atoms with van der Waals surface area (Å²) >= 11 is 11.9.